The van der Waals surface area contributed by atoms with Crippen molar-refractivity contribution in [3.05, 3.63) is 78.0 Å². The Labute approximate surface area is 186 Å². The molecule has 0 aliphatic rings. The monoisotopic (exact) mass is 448 g/mol. The number of hydrogen-bond donors (Lipinski definition) is 2. The molecular formula is C24H24N4O3S. The van der Waals surface area contributed by atoms with Crippen LogP contribution in [-0.4, -0.2) is 24.1 Å². The molecule has 0 saturated heterocycles. The molecule has 0 aliphatic carbocycles. The van der Waals surface area contributed by atoms with Gasteiger partial charge in [-0.05, 0) is 58.5 Å². The van der Waals surface area contributed by atoms with Crippen LogP contribution in [0.4, 0.5) is 0 Å². The first kappa shape index (κ1) is 21.7. The number of primary amides is 1. The third-order valence-corrected chi connectivity index (χ3v) is 6.34. The first-order valence-electron chi connectivity index (χ1n) is 10.0. The van der Waals surface area contributed by atoms with Crippen molar-refractivity contribution < 1.29 is 13.2 Å². The van der Waals surface area contributed by atoms with Crippen LogP contribution < -0.4 is 10.9 Å². The molecule has 1 amide bonds. The van der Waals surface area contributed by atoms with Gasteiger partial charge in [-0.2, -0.15) is 5.10 Å². The molecule has 4 N–H and O–H groups in total. The Morgan fingerprint density at radius 2 is 1.50 bits per heavy atom. The summed E-state index contributed by atoms with van der Waals surface area (Å²) in [6.45, 7) is 6.50. The molecule has 164 valence electrons. The van der Waals surface area contributed by atoms with Crippen LogP contribution in [0.1, 0.15) is 36.8 Å². The zero-order valence-corrected chi connectivity index (χ0v) is 18.8. The maximum absolute atomic E-state index is 12.0. The van der Waals surface area contributed by atoms with Crippen molar-refractivity contribution in [2.45, 2.75) is 31.1 Å². The van der Waals surface area contributed by atoms with Gasteiger partial charge in [0.05, 0.1) is 16.1 Å². The summed E-state index contributed by atoms with van der Waals surface area (Å²) in [5.41, 5.74) is 10.2. The largest absolute Gasteiger partial charge is 0.364 e. The van der Waals surface area contributed by atoms with Crippen LogP contribution in [0.25, 0.3) is 27.7 Å². The summed E-state index contributed by atoms with van der Waals surface area (Å²) in [5, 5.41) is 10.2. The average Bonchev–Trinajstić information content (AvgIpc) is 3.12. The molecule has 0 spiro atoms. The van der Waals surface area contributed by atoms with Gasteiger partial charge in [0, 0.05) is 5.39 Å². The highest BCUT2D eigenvalue weighted by Gasteiger charge is 2.18. The number of hydrogen-bond acceptors (Lipinski definition) is 4. The summed E-state index contributed by atoms with van der Waals surface area (Å²) in [6, 6.07) is 20.0. The third kappa shape index (κ3) is 4.02. The van der Waals surface area contributed by atoms with Gasteiger partial charge in [0.1, 0.15) is 0 Å². The van der Waals surface area contributed by atoms with Gasteiger partial charge in [0.15, 0.2) is 5.69 Å². The predicted molar refractivity (Wildman–Crippen MR) is 125 cm³/mol. The zero-order valence-electron chi connectivity index (χ0n) is 18.0. The van der Waals surface area contributed by atoms with Crippen LogP contribution in [0, 0.1) is 0 Å². The summed E-state index contributed by atoms with van der Waals surface area (Å²) in [6.07, 6.45) is 0. The lowest BCUT2D eigenvalue weighted by Crippen LogP contribution is -2.13. The van der Waals surface area contributed by atoms with Gasteiger partial charge in [0.25, 0.3) is 5.91 Å². The van der Waals surface area contributed by atoms with E-state index in [4.69, 9.17) is 10.9 Å². The van der Waals surface area contributed by atoms with E-state index in [9.17, 15) is 13.2 Å². The quantitative estimate of drug-likeness (QED) is 0.494. The summed E-state index contributed by atoms with van der Waals surface area (Å²) in [4.78, 5) is 12.0. The minimum absolute atomic E-state index is 0.00698. The number of fused-ring (bicyclic) bond motifs is 1. The highest BCUT2D eigenvalue weighted by Crippen LogP contribution is 2.30. The van der Waals surface area contributed by atoms with Crippen molar-refractivity contribution in [1.82, 2.24) is 9.78 Å². The zero-order chi connectivity index (χ0) is 23.3. The SMILES string of the molecule is CC(C)(C)c1ccc(-c2ccc3c(C(N)=O)nn(-c4ccc(S(N)(=O)=O)cc4)c3c2)cc1. The molecule has 0 radical (unpaired) electrons. The van der Waals surface area contributed by atoms with Crippen molar-refractivity contribution in [1.29, 1.82) is 0 Å². The second-order valence-corrected chi connectivity index (χ2v) is 10.3. The third-order valence-electron chi connectivity index (χ3n) is 5.41. The summed E-state index contributed by atoms with van der Waals surface area (Å²) in [7, 11) is -3.81. The summed E-state index contributed by atoms with van der Waals surface area (Å²) in [5.74, 6) is -0.641. The Kier molecular flexibility index (Phi) is 5.15. The van der Waals surface area contributed by atoms with Gasteiger partial charge in [-0.25, -0.2) is 18.2 Å². The van der Waals surface area contributed by atoms with Gasteiger partial charge in [-0.3, -0.25) is 4.79 Å². The average molecular weight is 449 g/mol. The van der Waals surface area contributed by atoms with E-state index in [2.05, 4.69) is 50.1 Å². The van der Waals surface area contributed by atoms with Crippen molar-refractivity contribution in [3.63, 3.8) is 0 Å². The number of nitrogens with two attached hydrogens (primary N) is 2. The van der Waals surface area contributed by atoms with E-state index in [1.807, 2.05) is 18.2 Å². The van der Waals surface area contributed by atoms with Crippen molar-refractivity contribution in [3.8, 4) is 16.8 Å². The first-order chi connectivity index (χ1) is 14.9. The molecule has 0 aliphatic heterocycles. The number of sulfonamides is 1. The maximum Gasteiger partial charge on any atom is 0.269 e. The number of rotatable bonds is 4. The van der Waals surface area contributed by atoms with Crippen molar-refractivity contribution in [2.24, 2.45) is 10.9 Å². The minimum atomic E-state index is -3.81. The molecule has 4 rings (SSSR count). The number of carbonyl (C=O) groups excluding carboxylic acids is 1. The number of aromatic nitrogens is 2. The molecule has 1 aromatic heterocycles. The molecule has 0 atom stereocenters. The van der Waals surface area contributed by atoms with Gasteiger partial charge in [0.2, 0.25) is 10.0 Å². The number of primary sulfonamides is 1. The smallest absolute Gasteiger partial charge is 0.269 e. The summed E-state index contributed by atoms with van der Waals surface area (Å²) < 4.78 is 24.7. The van der Waals surface area contributed by atoms with Gasteiger partial charge < -0.3 is 5.73 Å². The van der Waals surface area contributed by atoms with E-state index in [0.29, 0.717) is 16.6 Å². The number of carbonyl (C=O) groups is 1. The fraction of sp³-hybridized carbons (Fsp3) is 0.167. The van der Waals surface area contributed by atoms with E-state index < -0.39 is 15.9 Å². The number of amides is 1. The molecule has 32 heavy (non-hydrogen) atoms. The number of benzene rings is 3. The molecule has 8 heteroatoms. The predicted octanol–water partition coefficient (Wildman–Crippen LogP) is 3.74. The van der Waals surface area contributed by atoms with E-state index >= 15 is 0 Å². The van der Waals surface area contributed by atoms with Gasteiger partial charge >= 0.3 is 0 Å². The normalized spacial score (nSPS) is 12.2. The van der Waals surface area contributed by atoms with Crippen LogP contribution in [0.2, 0.25) is 0 Å². The molecule has 0 fully saturated rings. The standard InChI is InChI=1S/C24H24N4O3S/c1-24(2,3)17-7-4-15(5-8-17)16-6-13-20-21(14-16)28(27-22(20)23(25)29)18-9-11-19(12-10-18)32(26,30)31/h4-14H,1-3H3,(H2,25,29)(H2,26,30,31). The second kappa shape index (κ2) is 7.58. The topological polar surface area (TPSA) is 121 Å². The van der Waals surface area contributed by atoms with Gasteiger partial charge in [-0.15, -0.1) is 0 Å². The summed E-state index contributed by atoms with van der Waals surface area (Å²) >= 11 is 0. The molecule has 7 nitrogen and oxygen atoms in total. The molecule has 3 aromatic carbocycles. The lowest BCUT2D eigenvalue weighted by molar-refractivity contribution is 0.0996. The fourth-order valence-electron chi connectivity index (χ4n) is 3.61. The molecule has 0 bridgehead atoms. The van der Waals surface area contributed by atoms with E-state index in [0.717, 1.165) is 11.1 Å². The Balaban J connectivity index is 1.86. The second-order valence-electron chi connectivity index (χ2n) is 8.72. The molecule has 4 aromatic rings. The lowest BCUT2D eigenvalue weighted by Gasteiger charge is -2.19. The highest BCUT2D eigenvalue weighted by atomic mass is 32.2. The molecule has 0 saturated carbocycles. The van der Waals surface area contributed by atoms with Gasteiger partial charge in [-0.1, -0.05) is 51.1 Å². The van der Waals surface area contributed by atoms with E-state index in [1.54, 1.807) is 16.8 Å². The first-order valence-corrected chi connectivity index (χ1v) is 11.6. The van der Waals surface area contributed by atoms with Crippen LogP contribution >= 0.6 is 0 Å². The number of nitrogens with zero attached hydrogens (tertiary/aromatic N) is 2. The maximum atomic E-state index is 12.0. The highest BCUT2D eigenvalue weighted by molar-refractivity contribution is 7.89. The Bertz CT molecular complexity index is 1430. The Hall–Kier alpha value is -3.49. The lowest BCUT2D eigenvalue weighted by atomic mass is 9.86. The fourth-order valence-corrected chi connectivity index (χ4v) is 4.13. The molecule has 1 heterocycles. The Morgan fingerprint density at radius 3 is 2.03 bits per heavy atom. The van der Waals surface area contributed by atoms with Crippen LogP contribution in [0.5, 0.6) is 0 Å². The van der Waals surface area contributed by atoms with Crippen molar-refractivity contribution in [2.75, 3.05) is 0 Å². The van der Waals surface area contributed by atoms with Crippen LogP contribution in [0.15, 0.2) is 71.6 Å². The Morgan fingerprint density at radius 1 is 0.906 bits per heavy atom. The van der Waals surface area contributed by atoms with Crippen molar-refractivity contribution >= 4 is 26.8 Å². The molecular weight excluding hydrogens is 424 g/mol. The van der Waals surface area contributed by atoms with Crippen LogP contribution in [0.3, 0.4) is 0 Å². The minimum Gasteiger partial charge on any atom is -0.364 e. The molecule has 0 unspecified atom stereocenters. The van der Waals surface area contributed by atoms with E-state index in [1.165, 1.54) is 17.7 Å². The van der Waals surface area contributed by atoms with Crippen LogP contribution in [-0.2, 0) is 15.4 Å². The van der Waals surface area contributed by atoms with E-state index in [-0.39, 0.29) is 16.0 Å².